The second-order valence-electron chi connectivity index (χ2n) is 4.17. The van der Waals surface area contributed by atoms with Crippen LogP contribution < -0.4 is 5.32 Å². The lowest BCUT2D eigenvalue weighted by atomic mass is 10.1. The Morgan fingerprint density at radius 2 is 1.75 bits per heavy atom. The fourth-order valence-corrected chi connectivity index (χ4v) is 2.32. The maximum atomic E-state index is 12.1. The average molecular weight is 381 g/mol. The topological polar surface area (TPSA) is 66.4 Å². The van der Waals surface area contributed by atoms with Crippen LogP contribution in [-0.4, -0.2) is 17.0 Å². The number of aliphatic carboxylic acids is 1. The molecule has 0 aliphatic carbocycles. The van der Waals surface area contributed by atoms with E-state index in [0.29, 0.717) is 11.1 Å². The minimum atomic E-state index is -1.09. The SMILES string of the molecule is O=C(NC(C(=O)O)c1ccccc1)c1cccc(I)c1. The third-order valence-corrected chi connectivity index (χ3v) is 3.41. The molecule has 4 nitrogen and oxygen atoms in total. The molecule has 1 atom stereocenters. The fourth-order valence-electron chi connectivity index (χ4n) is 1.78. The third-order valence-electron chi connectivity index (χ3n) is 2.74. The van der Waals surface area contributed by atoms with Gasteiger partial charge in [-0.1, -0.05) is 36.4 Å². The number of carbonyl (C=O) groups excluding carboxylic acids is 1. The lowest BCUT2D eigenvalue weighted by Gasteiger charge is -2.15. The van der Waals surface area contributed by atoms with Crippen molar-refractivity contribution in [1.82, 2.24) is 5.32 Å². The Morgan fingerprint density at radius 3 is 2.35 bits per heavy atom. The van der Waals surface area contributed by atoms with E-state index in [1.807, 2.05) is 6.07 Å². The van der Waals surface area contributed by atoms with Gasteiger partial charge in [-0.05, 0) is 46.4 Å². The molecule has 0 saturated heterocycles. The van der Waals surface area contributed by atoms with Crippen LogP contribution in [0.5, 0.6) is 0 Å². The van der Waals surface area contributed by atoms with E-state index in [9.17, 15) is 14.7 Å². The molecule has 2 N–H and O–H groups in total. The van der Waals surface area contributed by atoms with E-state index in [0.717, 1.165) is 3.57 Å². The Bertz CT molecular complexity index is 628. The van der Waals surface area contributed by atoms with E-state index in [2.05, 4.69) is 27.9 Å². The van der Waals surface area contributed by atoms with Crippen LogP contribution in [0.25, 0.3) is 0 Å². The number of hydrogen-bond donors (Lipinski definition) is 2. The normalized spacial score (nSPS) is 11.7. The molecule has 0 aliphatic heterocycles. The molecule has 0 saturated carbocycles. The van der Waals surface area contributed by atoms with Crippen LogP contribution >= 0.6 is 22.6 Å². The third kappa shape index (κ3) is 3.57. The van der Waals surface area contributed by atoms with Gasteiger partial charge >= 0.3 is 5.97 Å². The van der Waals surface area contributed by atoms with Gasteiger partial charge in [-0.15, -0.1) is 0 Å². The van der Waals surface area contributed by atoms with Crippen molar-refractivity contribution in [3.63, 3.8) is 0 Å². The van der Waals surface area contributed by atoms with Crippen LogP contribution in [0.3, 0.4) is 0 Å². The molecular weight excluding hydrogens is 369 g/mol. The fraction of sp³-hybridized carbons (Fsp3) is 0.0667. The van der Waals surface area contributed by atoms with Gasteiger partial charge in [0.05, 0.1) is 0 Å². The highest BCUT2D eigenvalue weighted by Gasteiger charge is 2.22. The highest BCUT2D eigenvalue weighted by atomic mass is 127. The monoisotopic (exact) mass is 381 g/mol. The van der Waals surface area contributed by atoms with Gasteiger partial charge in [-0.2, -0.15) is 0 Å². The van der Waals surface area contributed by atoms with Crippen molar-refractivity contribution in [1.29, 1.82) is 0 Å². The molecule has 102 valence electrons. The van der Waals surface area contributed by atoms with E-state index in [1.54, 1.807) is 48.5 Å². The molecule has 0 bridgehead atoms. The van der Waals surface area contributed by atoms with Gasteiger partial charge in [0.1, 0.15) is 0 Å². The molecule has 0 fully saturated rings. The van der Waals surface area contributed by atoms with Gasteiger partial charge in [0.2, 0.25) is 0 Å². The molecule has 2 aromatic carbocycles. The summed E-state index contributed by atoms with van der Waals surface area (Å²) in [5, 5.41) is 11.8. The number of nitrogens with one attached hydrogen (secondary N) is 1. The Kier molecular flexibility index (Phi) is 4.73. The first-order chi connectivity index (χ1) is 9.58. The summed E-state index contributed by atoms with van der Waals surface area (Å²) in [6, 6.07) is 14.6. The van der Waals surface area contributed by atoms with Crippen LogP contribution in [0.4, 0.5) is 0 Å². The lowest BCUT2D eigenvalue weighted by molar-refractivity contribution is -0.139. The molecule has 2 rings (SSSR count). The van der Waals surface area contributed by atoms with Crippen molar-refractivity contribution in [2.45, 2.75) is 6.04 Å². The quantitative estimate of drug-likeness (QED) is 0.801. The number of hydrogen-bond acceptors (Lipinski definition) is 2. The van der Waals surface area contributed by atoms with E-state index < -0.39 is 17.9 Å². The maximum Gasteiger partial charge on any atom is 0.330 e. The molecule has 0 heterocycles. The smallest absolute Gasteiger partial charge is 0.330 e. The molecule has 1 unspecified atom stereocenters. The summed E-state index contributed by atoms with van der Waals surface area (Å²) < 4.78 is 0.918. The first-order valence-corrected chi connectivity index (χ1v) is 7.00. The van der Waals surface area contributed by atoms with Crippen LogP contribution in [-0.2, 0) is 4.79 Å². The minimum Gasteiger partial charge on any atom is -0.479 e. The number of carbonyl (C=O) groups is 2. The summed E-state index contributed by atoms with van der Waals surface area (Å²) in [5.41, 5.74) is 0.984. The molecule has 5 heteroatoms. The van der Waals surface area contributed by atoms with Gasteiger partial charge in [0.25, 0.3) is 5.91 Å². The summed E-state index contributed by atoms with van der Waals surface area (Å²) in [6.07, 6.45) is 0. The molecule has 0 aromatic heterocycles. The van der Waals surface area contributed by atoms with E-state index in [1.165, 1.54) is 0 Å². The summed E-state index contributed by atoms with van der Waals surface area (Å²) in [6.45, 7) is 0. The minimum absolute atomic E-state index is 0.403. The van der Waals surface area contributed by atoms with Gasteiger partial charge in [0.15, 0.2) is 6.04 Å². The maximum absolute atomic E-state index is 12.1. The molecule has 2 aromatic rings. The summed E-state index contributed by atoms with van der Waals surface area (Å²) in [7, 11) is 0. The van der Waals surface area contributed by atoms with Crippen LogP contribution in [0, 0.1) is 3.57 Å². The highest BCUT2D eigenvalue weighted by molar-refractivity contribution is 14.1. The largest absolute Gasteiger partial charge is 0.479 e. The zero-order valence-corrected chi connectivity index (χ0v) is 12.6. The van der Waals surface area contributed by atoms with Gasteiger partial charge < -0.3 is 10.4 Å². The molecular formula is C15H12INO3. The van der Waals surface area contributed by atoms with Gasteiger partial charge in [-0.3, -0.25) is 4.79 Å². The zero-order valence-electron chi connectivity index (χ0n) is 10.4. The summed E-state index contributed by atoms with van der Waals surface area (Å²) in [5.74, 6) is -1.49. The van der Waals surface area contributed by atoms with Crippen molar-refractivity contribution in [3.05, 3.63) is 69.3 Å². The van der Waals surface area contributed by atoms with Crippen molar-refractivity contribution >= 4 is 34.5 Å². The average Bonchev–Trinajstić information content (AvgIpc) is 2.45. The number of carboxylic acids is 1. The van der Waals surface area contributed by atoms with Crippen molar-refractivity contribution < 1.29 is 14.7 Å². The molecule has 20 heavy (non-hydrogen) atoms. The second kappa shape index (κ2) is 6.51. The van der Waals surface area contributed by atoms with Crippen LogP contribution in [0.1, 0.15) is 22.0 Å². The first kappa shape index (κ1) is 14.5. The molecule has 1 amide bonds. The first-order valence-electron chi connectivity index (χ1n) is 5.92. The Balaban J connectivity index is 2.21. The van der Waals surface area contributed by atoms with E-state index in [-0.39, 0.29) is 0 Å². The summed E-state index contributed by atoms with van der Waals surface area (Å²) >= 11 is 2.10. The number of carboxylic acid groups (broad SMARTS) is 1. The number of rotatable bonds is 4. The van der Waals surface area contributed by atoms with E-state index in [4.69, 9.17) is 0 Å². The standard InChI is InChI=1S/C15H12INO3/c16-12-8-4-7-11(9-12)14(18)17-13(15(19)20)10-5-2-1-3-6-10/h1-9,13H,(H,17,18)(H,19,20). The van der Waals surface area contributed by atoms with Crippen molar-refractivity contribution in [3.8, 4) is 0 Å². The predicted octanol–water partition coefficient (Wildman–Crippen LogP) is 2.85. The van der Waals surface area contributed by atoms with E-state index >= 15 is 0 Å². The Morgan fingerprint density at radius 1 is 1.05 bits per heavy atom. The predicted molar refractivity (Wildman–Crippen MR) is 83.4 cm³/mol. The van der Waals surface area contributed by atoms with Crippen LogP contribution in [0.15, 0.2) is 54.6 Å². The Labute approximate surface area is 130 Å². The van der Waals surface area contributed by atoms with Gasteiger partial charge in [-0.25, -0.2) is 4.79 Å². The number of benzene rings is 2. The van der Waals surface area contributed by atoms with Gasteiger partial charge in [0, 0.05) is 9.13 Å². The summed E-state index contributed by atoms with van der Waals surface area (Å²) in [4.78, 5) is 23.4. The van der Waals surface area contributed by atoms with Crippen molar-refractivity contribution in [2.24, 2.45) is 0 Å². The number of halogens is 1. The number of amides is 1. The zero-order chi connectivity index (χ0) is 14.5. The van der Waals surface area contributed by atoms with Crippen molar-refractivity contribution in [2.75, 3.05) is 0 Å². The lowest BCUT2D eigenvalue weighted by Crippen LogP contribution is -2.33. The second-order valence-corrected chi connectivity index (χ2v) is 5.41. The highest BCUT2D eigenvalue weighted by Crippen LogP contribution is 2.14. The molecule has 0 radical (unpaired) electrons. The molecule has 0 aliphatic rings. The molecule has 0 spiro atoms. The Hall–Kier alpha value is -1.89. The van der Waals surface area contributed by atoms with Crippen LogP contribution in [0.2, 0.25) is 0 Å².